The van der Waals surface area contributed by atoms with Crippen molar-refractivity contribution in [2.75, 3.05) is 52.2 Å². The Hall–Kier alpha value is -0.490. The molecule has 0 aromatic heterocycles. The van der Waals surface area contributed by atoms with Crippen molar-refractivity contribution in [3.63, 3.8) is 0 Å². The first-order valence-electron chi connectivity index (χ1n) is 7.92. The SMILES string of the molecule is CP(C)(=O)CCN1CCN(Cc2ccc(S)cc2C(F)(F)F)CC1. The zero-order valence-electron chi connectivity index (χ0n) is 14.0. The molecule has 24 heavy (non-hydrogen) atoms. The first-order valence-corrected chi connectivity index (χ1v) is 11.2. The summed E-state index contributed by atoms with van der Waals surface area (Å²) in [6.07, 6.45) is -3.67. The van der Waals surface area contributed by atoms with E-state index in [9.17, 15) is 17.7 Å². The van der Waals surface area contributed by atoms with E-state index in [0.29, 0.717) is 16.6 Å². The van der Waals surface area contributed by atoms with E-state index in [0.717, 1.165) is 38.8 Å². The lowest BCUT2D eigenvalue weighted by Gasteiger charge is -2.35. The van der Waals surface area contributed by atoms with Gasteiger partial charge in [0.05, 0.1) is 12.7 Å². The van der Waals surface area contributed by atoms with E-state index >= 15 is 0 Å². The lowest BCUT2D eigenvalue weighted by Crippen LogP contribution is -2.46. The normalized spacial score (nSPS) is 18.1. The van der Waals surface area contributed by atoms with Crippen LogP contribution in [0.4, 0.5) is 13.2 Å². The minimum absolute atomic E-state index is 0.288. The number of halogens is 3. The number of nitrogens with zero attached hydrogens (tertiary/aromatic N) is 2. The maximum absolute atomic E-state index is 13.2. The second-order valence-electron chi connectivity index (χ2n) is 6.75. The average molecular weight is 380 g/mol. The van der Waals surface area contributed by atoms with Gasteiger partial charge < -0.3 is 9.46 Å². The van der Waals surface area contributed by atoms with Gasteiger partial charge in [-0.3, -0.25) is 4.90 Å². The van der Waals surface area contributed by atoms with Gasteiger partial charge in [-0.15, -0.1) is 12.6 Å². The minimum Gasteiger partial charge on any atom is -0.324 e. The molecule has 3 nitrogen and oxygen atoms in total. The van der Waals surface area contributed by atoms with Crippen LogP contribution in [0.15, 0.2) is 23.1 Å². The number of hydrogen-bond donors (Lipinski definition) is 1. The molecule has 8 heteroatoms. The quantitative estimate of drug-likeness (QED) is 0.622. The third kappa shape index (κ3) is 6.10. The first-order chi connectivity index (χ1) is 11.0. The molecule has 0 amide bonds. The third-order valence-electron chi connectivity index (χ3n) is 4.21. The smallest absolute Gasteiger partial charge is 0.324 e. The van der Waals surface area contributed by atoms with Crippen LogP contribution in [0.1, 0.15) is 11.1 Å². The van der Waals surface area contributed by atoms with Crippen LogP contribution in [0.5, 0.6) is 0 Å². The summed E-state index contributed by atoms with van der Waals surface area (Å²) in [7, 11) is -2.02. The maximum Gasteiger partial charge on any atom is 0.416 e. The molecular weight excluding hydrogens is 356 g/mol. The van der Waals surface area contributed by atoms with E-state index in [1.165, 1.54) is 6.07 Å². The Labute approximate surface area is 147 Å². The monoisotopic (exact) mass is 380 g/mol. The number of piperazine rings is 1. The number of alkyl halides is 3. The lowest BCUT2D eigenvalue weighted by molar-refractivity contribution is -0.138. The number of hydrogen-bond acceptors (Lipinski definition) is 4. The van der Waals surface area contributed by atoms with Crippen molar-refractivity contribution in [3.05, 3.63) is 29.3 Å². The largest absolute Gasteiger partial charge is 0.416 e. The Morgan fingerprint density at radius 2 is 1.71 bits per heavy atom. The van der Waals surface area contributed by atoms with E-state index < -0.39 is 18.9 Å². The van der Waals surface area contributed by atoms with Crippen molar-refractivity contribution in [2.45, 2.75) is 17.6 Å². The molecule has 2 rings (SSSR count). The Balaban J connectivity index is 1.94. The maximum atomic E-state index is 13.2. The topological polar surface area (TPSA) is 23.6 Å². The summed E-state index contributed by atoms with van der Waals surface area (Å²) in [5, 5.41) is 0. The molecule has 0 aliphatic carbocycles. The summed E-state index contributed by atoms with van der Waals surface area (Å²) in [5.41, 5.74) is -0.310. The van der Waals surface area contributed by atoms with Crippen molar-refractivity contribution >= 4 is 19.8 Å². The molecule has 0 bridgehead atoms. The molecule has 136 valence electrons. The summed E-state index contributed by atoms with van der Waals surface area (Å²) >= 11 is 4.01. The summed E-state index contributed by atoms with van der Waals surface area (Å²) < 4.78 is 51.3. The number of thiol groups is 1. The van der Waals surface area contributed by atoms with Gasteiger partial charge in [-0.2, -0.15) is 13.2 Å². The zero-order chi connectivity index (χ0) is 18.0. The number of rotatable bonds is 5. The fraction of sp³-hybridized carbons (Fsp3) is 0.625. The molecule has 1 aromatic carbocycles. The molecule has 1 aliphatic heterocycles. The predicted octanol–water partition coefficient (Wildman–Crippen LogP) is 3.73. The van der Waals surface area contributed by atoms with E-state index in [2.05, 4.69) is 17.5 Å². The van der Waals surface area contributed by atoms with E-state index in [1.807, 2.05) is 4.90 Å². The molecule has 0 atom stereocenters. The van der Waals surface area contributed by atoms with Gasteiger partial charge in [0.15, 0.2) is 0 Å². The van der Waals surface area contributed by atoms with Crippen LogP contribution in [0.3, 0.4) is 0 Å². The second kappa shape index (κ2) is 7.81. The highest BCUT2D eigenvalue weighted by Gasteiger charge is 2.34. The Kier molecular flexibility index (Phi) is 6.46. The summed E-state index contributed by atoms with van der Waals surface area (Å²) in [4.78, 5) is 4.59. The highest BCUT2D eigenvalue weighted by atomic mass is 32.1. The molecule has 0 spiro atoms. The molecule has 1 aliphatic rings. The Morgan fingerprint density at radius 1 is 1.12 bits per heavy atom. The molecule has 1 saturated heterocycles. The summed E-state index contributed by atoms with van der Waals surface area (Å²) in [5.74, 6) is 0. The average Bonchev–Trinajstić information content (AvgIpc) is 2.46. The molecule has 0 unspecified atom stereocenters. The van der Waals surface area contributed by atoms with Gasteiger partial charge in [-0.25, -0.2) is 0 Å². The fourth-order valence-corrected chi connectivity index (χ4v) is 3.73. The molecular formula is C16H24F3N2OPS. The zero-order valence-corrected chi connectivity index (χ0v) is 15.8. The van der Waals surface area contributed by atoms with Crippen molar-refractivity contribution in [2.24, 2.45) is 0 Å². The van der Waals surface area contributed by atoms with E-state index in [1.54, 1.807) is 19.4 Å². The molecule has 1 heterocycles. The van der Waals surface area contributed by atoms with Crippen LogP contribution < -0.4 is 0 Å². The van der Waals surface area contributed by atoms with Crippen LogP contribution in [0.2, 0.25) is 0 Å². The van der Waals surface area contributed by atoms with Crippen molar-refractivity contribution in [1.29, 1.82) is 0 Å². The number of benzene rings is 1. The van der Waals surface area contributed by atoms with E-state index in [4.69, 9.17) is 0 Å². The predicted molar refractivity (Wildman–Crippen MR) is 94.7 cm³/mol. The Bertz CT molecular complexity index is 610. The van der Waals surface area contributed by atoms with Crippen molar-refractivity contribution in [3.8, 4) is 0 Å². The van der Waals surface area contributed by atoms with Crippen LogP contribution in [0.25, 0.3) is 0 Å². The minimum atomic E-state index is -4.36. The van der Waals surface area contributed by atoms with Crippen molar-refractivity contribution < 1.29 is 17.7 Å². The van der Waals surface area contributed by atoms with Crippen LogP contribution in [-0.2, 0) is 17.3 Å². The van der Waals surface area contributed by atoms with Gasteiger partial charge in [-0.05, 0) is 31.0 Å². The van der Waals surface area contributed by atoms with Gasteiger partial charge in [0.25, 0.3) is 0 Å². The van der Waals surface area contributed by atoms with Gasteiger partial charge in [0.2, 0.25) is 0 Å². The van der Waals surface area contributed by atoms with Gasteiger partial charge in [0, 0.05) is 50.3 Å². The van der Waals surface area contributed by atoms with Crippen molar-refractivity contribution in [1.82, 2.24) is 9.80 Å². The molecule has 0 saturated carbocycles. The third-order valence-corrected chi connectivity index (χ3v) is 5.77. The standard InChI is InChI=1S/C16H24F3N2OPS/c1-23(2,22)10-9-20-5-7-21(8-6-20)12-13-3-4-14(24)11-15(13)16(17,18)19/h3-4,11,24H,5-10,12H2,1-2H3. The highest BCUT2D eigenvalue weighted by Crippen LogP contribution is 2.35. The second-order valence-corrected chi connectivity index (χ2v) is 10.9. The summed E-state index contributed by atoms with van der Waals surface area (Å²) in [6.45, 7) is 7.68. The fourth-order valence-electron chi connectivity index (χ4n) is 2.76. The molecule has 0 N–H and O–H groups in total. The van der Waals surface area contributed by atoms with Crippen LogP contribution in [-0.4, -0.2) is 62.0 Å². The molecule has 0 radical (unpaired) electrons. The van der Waals surface area contributed by atoms with Gasteiger partial charge in [-0.1, -0.05) is 6.07 Å². The molecule has 1 aromatic rings. The Morgan fingerprint density at radius 3 is 2.25 bits per heavy atom. The van der Waals surface area contributed by atoms with Crippen LogP contribution >= 0.6 is 19.8 Å². The van der Waals surface area contributed by atoms with Crippen LogP contribution in [0, 0.1) is 0 Å². The lowest BCUT2D eigenvalue weighted by atomic mass is 10.1. The van der Waals surface area contributed by atoms with Gasteiger partial charge >= 0.3 is 6.18 Å². The first kappa shape index (κ1) is 19.8. The van der Waals surface area contributed by atoms with E-state index in [-0.39, 0.29) is 6.54 Å². The highest BCUT2D eigenvalue weighted by molar-refractivity contribution is 7.80. The van der Waals surface area contributed by atoms with Gasteiger partial charge in [0.1, 0.15) is 0 Å². The molecule has 1 fully saturated rings. The summed E-state index contributed by atoms with van der Waals surface area (Å²) in [6, 6.07) is 4.21.